The van der Waals surface area contributed by atoms with Gasteiger partial charge in [-0.2, -0.15) is 5.26 Å². The maximum Gasteiger partial charge on any atom is 0.325 e. The van der Waals surface area contributed by atoms with E-state index in [1.807, 2.05) is 30.3 Å². The first-order valence-electron chi connectivity index (χ1n) is 8.70. The molecule has 1 amide bonds. The van der Waals surface area contributed by atoms with Gasteiger partial charge in [0.15, 0.2) is 5.65 Å². The zero-order chi connectivity index (χ0) is 18.8. The number of rotatable bonds is 3. The van der Waals surface area contributed by atoms with Gasteiger partial charge in [0, 0.05) is 19.6 Å². The molecule has 27 heavy (non-hydrogen) atoms. The minimum atomic E-state index is -0.376. The largest absolute Gasteiger partial charge is 0.333 e. The molecule has 1 aliphatic heterocycles. The highest BCUT2D eigenvalue weighted by Gasteiger charge is 2.30. The van der Waals surface area contributed by atoms with Crippen molar-refractivity contribution >= 4 is 17.1 Å². The van der Waals surface area contributed by atoms with Crippen molar-refractivity contribution in [1.29, 1.82) is 5.26 Å². The number of imidazole rings is 1. The number of H-pyrrole nitrogens is 2. The lowest BCUT2D eigenvalue weighted by Crippen LogP contribution is -2.53. The molecule has 0 aliphatic carbocycles. The fraction of sp³-hybridized carbons (Fsp3) is 0.263. The van der Waals surface area contributed by atoms with Gasteiger partial charge in [0.05, 0.1) is 18.1 Å². The number of aromatic nitrogens is 3. The summed E-state index contributed by atoms with van der Waals surface area (Å²) in [6.07, 6.45) is 0. The second-order valence-corrected chi connectivity index (χ2v) is 6.52. The number of nitriles is 1. The first-order chi connectivity index (χ1) is 13.1. The molecule has 136 valence electrons. The molecule has 0 radical (unpaired) electrons. The normalized spacial score (nSPS) is 17.7. The summed E-state index contributed by atoms with van der Waals surface area (Å²) < 4.78 is 0. The van der Waals surface area contributed by atoms with E-state index in [2.05, 4.69) is 25.9 Å². The van der Waals surface area contributed by atoms with Crippen LogP contribution in [0.4, 0.5) is 0 Å². The quantitative estimate of drug-likeness (QED) is 0.725. The number of hydrogen-bond acceptors (Lipinski definition) is 5. The van der Waals surface area contributed by atoms with Crippen LogP contribution in [0.15, 0.2) is 47.3 Å². The molecule has 3 aromatic rings. The molecule has 0 saturated carbocycles. The average molecular weight is 362 g/mol. The number of amides is 1. The van der Waals surface area contributed by atoms with Gasteiger partial charge in [0.1, 0.15) is 11.7 Å². The smallest absolute Gasteiger partial charge is 0.325 e. The maximum atomic E-state index is 12.8. The summed E-state index contributed by atoms with van der Waals surface area (Å²) in [5, 5.41) is 9.56. The third-order valence-electron chi connectivity index (χ3n) is 4.75. The van der Waals surface area contributed by atoms with Crippen molar-refractivity contribution in [2.75, 3.05) is 19.6 Å². The van der Waals surface area contributed by atoms with E-state index in [9.17, 15) is 14.9 Å². The first kappa shape index (κ1) is 17.0. The Morgan fingerprint density at radius 2 is 2.00 bits per heavy atom. The van der Waals surface area contributed by atoms with Gasteiger partial charge in [-0.1, -0.05) is 30.3 Å². The van der Waals surface area contributed by atoms with E-state index in [0.29, 0.717) is 37.3 Å². The number of nitrogens with one attached hydrogen (secondary N) is 2. The van der Waals surface area contributed by atoms with Crippen LogP contribution >= 0.6 is 0 Å². The Bertz CT molecular complexity index is 1060. The van der Waals surface area contributed by atoms with Crippen LogP contribution in [0, 0.1) is 11.3 Å². The highest BCUT2D eigenvalue weighted by atomic mass is 16.2. The lowest BCUT2D eigenvalue weighted by Gasteiger charge is -2.38. The van der Waals surface area contributed by atoms with Crippen molar-refractivity contribution in [3.05, 3.63) is 64.2 Å². The summed E-state index contributed by atoms with van der Waals surface area (Å²) in [5.74, 6) is -0.237. The molecule has 1 saturated heterocycles. The first-order valence-corrected chi connectivity index (χ1v) is 8.70. The topological polar surface area (TPSA) is 109 Å². The SMILES string of the molecule is N#C[C@@H]1CN(C(=O)c2ccc3[nH]c(=O)[nH]c3n2)CCN1Cc1ccccc1. The predicted molar refractivity (Wildman–Crippen MR) is 98.9 cm³/mol. The molecule has 2 N–H and O–H groups in total. The number of nitrogens with zero attached hydrogens (tertiary/aromatic N) is 4. The van der Waals surface area contributed by atoms with E-state index in [-0.39, 0.29) is 23.3 Å². The number of fused-ring (bicyclic) bond motifs is 1. The van der Waals surface area contributed by atoms with E-state index in [4.69, 9.17) is 0 Å². The summed E-state index contributed by atoms with van der Waals surface area (Å²) >= 11 is 0. The molecule has 2 aromatic heterocycles. The Morgan fingerprint density at radius 3 is 2.78 bits per heavy atom. The second-order valence-electron chi connectivity index (χ2n) is 6.52. The molecule has 3 heterocycles. The molecule has 1 fully saturated rings. The Labute approximate surface area is 155 Å². The molecule has 4 rings (SSSR count). The van der Waals surface area contributed by atoms with Crippen molar-refractivity contribution in [1.82, 2.24) is 24.8 Å². The minimum absolute atomic E-state index is 0.237. The number of benzene rings is 1. The van der Waals surface area contributed by atoms with Crippen LogP contribution in [0.1, 0.15) is 16.1 Å². The van der Waals surface area contributed by atoms with Crippen molar-refractivity contribution < 1.29 is 4.79 Å². The maximum absolute atomic E-state index is 12.8. The third-order valence-corrected chi connectivity index (χ3v) is 4.75. The molecule has 1 aromatic carbocycles. The highest BCUT2D eigenvalue weighted by molar-refractivity contribution is 5.94. The van der Waals surface area contributed by atoms with Crippen LogP contribution in [-0.2, 0) is 6.54 Å². The summed E-state index contributed by atoms with van der Waals surface area (Å²) in [7, 11) is 0. The lowest BCUT2D eigenvalue weighted by atomic mass is 10.1. The molecule has 1 aliphatic rings. The van der Waals surface area contributed by atoms with Gasteiger partial charge in [-0.15, -0.1) is 0 Å². The molecule has 0 spiro atoms. The summed E-state index contributed by atoms with van der Waals surface area (Å²) in [6.45, 7) is 2.14. The Kier molecular flexibility index (Phi) is 4.44. The Morgan fingerprint density at radius 1 is 1.19 bits per heavy atom. The van der Waals surface area contributed by atoms with Gasteiger partial charge >= 0.3 is 5.69 Å². The van der Waals surface area contributed by atoms with Gasteiger partial charge < -0.3 is 9.88 Å². The minimum Gasteiger partial charge on any atom is -0.333 e. The summed E-state index contributed by atoms with van der Waals surface area (Å²) in [6, 6.07) is 15.1. The standard InChI is InChI=1S/C19H18N6O2/c20-10-14-12-25(9-8-24(14)11-13-4-2-1-3-5-13)18(26)16-7-6-15-17(21-16)23-19(27)22-15/h1-7,14H,8-9,11-12H2,(H2,21,22,23,27)/t14-/m1/s1. The number of carbonyl (C=O) groups is 1. The van der Waals surface area contributed by atoms with Gasteiger partial charge in [-0.25, -0.2) is 9.78 Å². The molecule has 1 atom stereocenters. The van der Waals surface area contributed by atoms with Crippen LogP contribution in [0.25, 0.3) is 11.2 Å². The fourth-order valence-corrected chi connectivity index (χ4v) is 3.33. The zero-order valence-corrected chi connectivity index (χ0v) is 14.6. The lowest BCUT2D eigenvalue weighted by molar-refractivity contribution is 0.0547. The predicted octanol–water partition coefficient (Wildman–Crippen LogP) is 1.10. The summed E-state index contributed by atoms with van der Waals surface area (Å²) in [4.78, 5) is 37.3. The molecular formula is C19H18N6O2. The summed E-state index contributed by atoms with van der Waals surface area (Å²) in [5.41, 5.74) is 1.94. The number of piperazine rings is 1. The van der Waals surface area contributed by atoms with Gasteiger partial charge in [-0.3, -0.25) is 14.7 Å². The van der Waals surface area contributed by atoms with Gasteiger partial charge in [-0.05, 0) is 17.7 Å². The number of hydrogen-bond donors (Lipinski definition) is 2. The second kappa shape index (κ2) is 7.05. The van der Waals surface area contributed by atoms with Crippen LogP contribution < -0.4 is 5.69 Å². The number of carbonyl (C=O) groups excluding carboxylic acids is 1. The molecular weight excluding hydrogens is 344 g/mol. The van der Waals surface area contributed by atoms with E-state index in [1.165, 1.54) is 0 Å². The van der Waals surface area contributed by atoms with Gasteiger partial charge in [0.25, 0.3) is 5.91 Å². The van der Waals surface area contributed by atoms with E-state index < -0.39 is 0 Å². The molecule has 0 unspecified atom stereocenters. The molecule has 8 nitrogen and oxygen atoms in total. The van der Waals surface area contributed by atoms with E-state index in [0.717, 1.165) is 5.56 Å². The van der Waals surface area contributed by atoms with E-state index >= 15 is 0 Å². The molecule has 8 heteroatoms. The monoisotopic (exact) mass is 362 g/mol. The average Bonchev–Trinajstić information content (AvgIpc) is 3.07. The number of aromatic amines is 2. The highest BCUT2D eigenvalue weighted by Crippen LogP contribution is 2.16. The Hall–Kier alpha value is -3.44. The van der Waals surface area contributed by atoms with E-state index in [1.54, 1.807) is 17.0 Å². The van der Waals surface area contributed by atoms with Crippen molar-refractivity contribution in [2.24, 2.45) is 0 Å². The third kappa shape index (κ3) is 3.45. The van der Waals surface area contributed by atoms with Crippen LogP contribution in [0.2, 0.25) is 0 Å². The fourth-order valence-electron chi connectivity index (χ4n) is 3.33. The van der Waals surface area contributed by atoms with Crippen LogP contribution in [0.5, 0.6) is 0 Å². The van der Waals surface area contributed by atoms with Crippen molar-refractivity contribution in [2.45, 2.75) is 12.6 Å². The Balaban J connectivity index is 1.49. The number of pyridine rings is 1. The van der Waals surface area contributed by atoms with Gasteiger partial charge in [0.2, 0.25) is 0 Å². The van der Waals surface area contributed by atoms with Crippen molar-refractivity contribution in [3.8, 4) is 6.07 Å². The van der Waals surface area contributed by atoms with Crippen molar-refractivity contribution in [3.63, 3.8) is 0 Å². The van der Waals surface area contributed by atoms with Crippen LogP contribution in [0.3, 0.4) is 0 Å². The molecule has 0 bridgehead atoms. The zero-order valence-electron chi connectivity index (χ0n) is 14.6. The van der Waals surface area contributed by atoms with Crippen LogP contribution in [-0.4, -0.2) is 56.3 Å².